The fraction of sp³-hybridized carbons (Fsp3) is 0.304. The van der Waals surface area contributed by atoms with E-state index in [1.807, 2.05) is 42.5 Å². The summed E-state index contributed by atoms with van der Waals surface area (Å²) >= 11 is 5.91. The zero-order valence-electron chi connectivity index (χ0n) is 16.2. The number of carbonyl (C=O) groups excluding carboxylic acids is 2. The van der Waals surface area contributed by atoms with E-state index in [0.717, 1.165) is 11.1 Å². The summed E-state index contributed by atoms with van der Waals surface area (Å²) in [6, 6.07) is 16.4. The van der Waals surface area contributed by atoms with Gasteiger partial charge in [-0.3, -0.25) is 9.59 Å². The van der Waals surface area contributed by atoms with Gasteiger partial charge < -0.3 is 11.1 Å². The van der Waals surface area contributed by atoms with Gasteiger partial charge in [0, 0.05) is 31.0 Å². The molecule has 0 radical (unpaired) electrons. The van der Waals surface area contributed by atoms with Crippen molar-refractivity contribution in [3.63, 3.8) is 0 Å². The van der Waals surface area contributed by atoms with Gasteiger partial charge in [0.05, 0.1) is 5.41 Å². The van der Waals surface area contributed by atoms with Gasteiger partial charge in [-0.1, -0.05) is 60.1 Å². The van der Waals surface area contributed by atoms with Crippen molar-refractivity contribution in [1.82, 2.24) is 5.32 Å². The Morgan fingerprint density at radius 1 is 1.18 bits per heavy atom. The number of hydrogen-bond donors (Lipinski definition) is 2. The number of benzene rings is 2. The molecule has 0 aromatic heterocycles. The molecule has 2 aromatic rings. The molecule has 0 saturated carbocycles. The number of hydrogen-bond acceptors (Lipinski definition) is 3. The van der Waals surface area contributed by atoms with Crippen LogP contribution in [0.3, 0.4) is 0 Å². The Morgan fingerprint density at radius 3 is 2.39 bits per heavy atom. The average molecular weight is 399 g/mol. The van der Waals surface area contributed by atoms with Gasteiger partial charge in [-0.05, 0) is 36.1 Å². The molecule has 2 aromatic carbocycles. The normalized spacial score (nSPS) is 14.0. The molecule has 0 spiro atoms. The molecular weight excluding hydrogens is 372 g/mol. The highest BCUT2D eigenvalue weighted by Crippen LogP contribution is 2.37. The summed E-state index contributed by atoms with van der Waals surface area (Å²) in [5, 5.41) is 3.33. The average Bonchev–Trinajstić information content (AvgIpc) is 2.69. The lowest BCUT2D eigenvalue weighted by Gasteiger charge is -2.33. The van der Waals surface area contributed by atoms with Crippen LogP contribution in [0.5, 0.6) is 0 Å². The lowest BCUT2D eigenvalue weighted by Crippen LogP contribution is -2.43. The van der Waals surface area contributed by atoms with Crippen LogP contribution < -0.4 is 11.1 Å². The van der Waals surface area contributed by atoms with Crippen LogP contribution in [0.4, 0.5) is 0 Å². The van der Waals surface area contributed by atoms with Crippen molar-refractivity contribution >= 4 is 23.3 Å². The fourth-order valence-electron chi connectivity index (χ4n) is 3.54. The molecule has 0 fully saturated rings. The van der Waals surface area contributed by atoms with Crippen molar-refractivity contribution in [2.45, 2.75) is 31.7 Å². The van der Waals surface area contributed by atoms with E-state index in [0.29, 0.717) is 17.9 Å². The van der Waals surface area contributed by atoms with E-state index in [9.17, 15) is 9.59 Å². The summed E-state index contributed by atoms with van der Waals surface area (Å²) in [5.41, 5.74) is 7.28. The minimum Gasteiger partial charge on any atom is -0.359 e. The molecule has 5 heteroatoms. The number of allylic oxidation sites excluding steroid dienone is 1. The molecule has 0 aliphatic rings. The second-order valence-electron chi connectivity index (χ2n) is 7.09. The van der Waals surface area contributed by atoms with Crippen LogP contribution in [-0.4, -0.2) is 18.7 Å². The van der Waals surface area contributed by atoms with Crippen molar-refractivity contribution in [3.8, 4) is 0 Å². The maximum Gasteiger partial charge on any atom is 0.226 e. The van der Waals surface area contributed by atoms with Gasteiger partial charge in [-0.25, -0.2) is 0 Å². The zero-order valence-corrected chi connectivity index (χ0v) is 16.9. The second kappa shape index (κ2) is 10.2. The Labute approximate surface area is 171 Å². The van der Waals surface area contributed by atoms with E-state index in [-0.39, 0.29) is 30.6 Å². The molecule has 0 saturated heterocycles. The highest BCUT2D eigenvalue weighted by molar-refractivity contribution is 6.30. The standard InChI is InChI=1S/C23H27ClN2O2/c1-3-13-23(22(28)26-2,16-21(25)18-7-5-4-6-8-18)15-20(27)14-17-9-11-19(24)12-10-17/h3-12,21H,1,13-16,25H2,2H3,(H,26,28)/t21-,23?/m1/s1. The van der Waals surface area contributed by atoms with Crippen molar-refractivity contribution in [1.29, 1.82) is 0 Å². The summed E-state index contributed by atoms with van der Waals surface area (Å²) in [6.45, 7) is 3.80. The predicted molar refractivity (Wildman–Crippen MR) is 114 cm³/mol. The molecule has 0 aliphatic carbocycles. The van der Waals surface area contributed by atoms with Gasteiger partial charge in [0.1, 0.15) is 5.78 Å². The van der Waals surface area contributed by atoms with E-state index < -0.39 is 5.41 Å². The first-order chi connectivity index (χ1) is 13.4. The molecule has 2 rings (SSSR count). The lowest BCUT2D eigenvalue weighted by molar-refractivity contribution is -0.136. The van der Waals surface area contributed by atoms with Crippen molar-refractivity contribution in [2.75, 3.05) is 7.05 Å². The molecule has 3 N–H and O–H groups in total. The molecule has 0 bridgehead atoms. The van der Waals surface area contributed by atoms with Crippen molar-refractivity contribution < 1.29 is 9.59 Å². The predicted octanol–water partition coefficient (Wildman–Crippen LogP) is 4.24. The molecule has 1 unspecified atom stereocenters. The first kappa shape index (κ1) is 21.9. The highest BCUT2D eigenvalue weighted by atomic mass is 35.5. The van der Waals surface area contributed by atoms with Gasteiger partial charge in [0.25, 0.3) is 0 Å². The van der Waals surface area contributed by atoms with E-state index in [4.69, 9.17) is 17.3 Å². The van der Waals surface area contributed by atoms with E-state index in [1.54, 1.807) is 25.3 Å². The Hall–Kier alpha value is -2.43. The molecule has 1 amide bonds. The van der Waals surface area contributed by atoms with Gasteiger partial charge >= 0.3 is 0 Å². The summed E-state index contributed by atoms with van der Waals surface area (Å²) < 4.78 is 0. The largest absolute Gasteiger partial charge is 0.359 e. The van der Waals surface area contributed by atoms with E-state index in [1.165, 1.54) is 0 Å². The Morgan fingerprint density at radius 2 is 1.82 bits per heavy atom. The third-order valence-corrected chi connectivity index (χ3v) is 5.18. The van der Waals surface area contributed by atoms with Gasteiger partial charge in [-0.15, -0.1) is 6.58 Å². The minimum atomic E-state index is -0.935. The first-order valence-electron chi connectivity index (χ1n) is 9.30. The molecule has 28 heavy (non-hydrogen) atoms. The molecule has 0 aliphatic heterocycles. The fourth-order valence-corrected chi connectivity index (χ4v) is 3.67. The van der Waals surface area contributed by atoms with Crippen LogP contribution in [0.2, 0.25) is 5.02 Å². The molecular formula is C23H27ClN2O2. The topological polar surface area (TPSA) is 72.2 Å². The lowest BCUT2D eigenvalue weighted by atomic mass is 9.72. The monoisotopic (exact) mass is 398 g/mol. The molecule has 2 atom stereocenters. The number of rotatable bonds is 10. The van der Waals surface area contributed by atoms with Crippen LogP contribution in [0.25, 0.3) is 0 Å². The quantitative estimate of drug-likeness (QED) is 0.588. The van der Waals surface area contributed by atoms with Crippen LogP contribution in [0.15, 0.2) is 67.3 Å². The highest BCUT2D eigenvalue weighted by Gasteiger charge is 2.40. The van der Waals surface area contributed by atoms with Crippen LogP contribution in [-0.2, 0) is 16.0 Å². The number of ketones is 1. The smallest absolute Gasteiger partial charge is 0.226 e. The Kier molecular flexibility index (Phi) is 7.97. The van der Waals surface area contributed by atoms with Crippen LogP contribution in [0, 0.1) is 5.41 Å². The first-order valence-corrected chi connectivity index (χ1v) is 9.68. The van der Waals surface area contributed by atoms with E-state index >= 15 is 0 Å². The Bertz CT molecular complexity index is 805. The number of halogens is 1. The number of nitrogens with two attached hydrogens (primary N) is 1. The molecule has 148 valence electrons. The number of amides is 1. The minimum absolute atomic E-state index is 0.0203. The third kappa shape index (κ3) is 5.78. The number of Topliss-reactive ketones (excluding diaryl/α,β-unsaturated/α-hetero) is 1. The molecule has 0 heterocycles. The van der Waals surface area contributed by atoms with E-state index in [2.05, 4.69) is 11.9 Å². The summed E-state index contributed by atoms with van der Waals surface area (Å²) in [5.74, 6) is -0.212. The summed E-state index contributed by atoms with van der Waals surface area (Å²) in [7, 11) is 1.58. The third-order valence-electron chi connectivity index (χ3n) is 4.93. The second-order valence-corrected chi connectivity index (χ2v) is 7.53. The zero-order chi connectivity index (χ0) is 20.6. The SMILES string of the molecule is C=CCC(CC(=O)Cc1ccc(Cl)cc1)(C[C@@H](N)c1ccccc1)C(=O)NC. The van der Waals surface area contributed by atoms with Gasteiger partial charge in [0.15, 0.2) is 0 Å². The van der Waals surface area contributed by atoms with Crippen LogP contribution in [0.1, 0.15) is 36.4 Å². The summed E-state index contributed by atoms with van der Waals surface area (Å²) in [4.78, 5) is 25.7. The maximum atomic E-state index is 12.8. The number of nitrogens with one attached hydrogen (secondary N) is 1. The van der Waals surface area contributed by atoms with Crippen LogP contribution >= 0.6 is 11.6 Å². The van der Waals surface area contributed by atoms with Crippen molar-refractivity contribution in [3.05, 3.63) is 83.4 Å². The number of carbonyl (C=O) groups is 2. The van der Waals surface area contributed by atoms with Gasteiger partial charge in [-0.2, -0.15) is 0 Å². The van der Waals surface area contributed by atoms with Gasteiger partial charge in [0.2, 0.25) is 5.91 Å². The molecule has 4 nitrogen and oxygen atoms in total. The maximum absolute atomic E-state index is 12.8. The summed E-state index contributed by atoms with van der Waals surface area (Å²) in [6.07, 6.45) is 2.76. The Balaban J connectivity index is 2.23. The van der Waals surface area contributed by atoms with Crippen molar-refractivity contribution in [2.24, 2.45) is 11.1 Å².